The minimum atomic E-state index is -0.997. The number of halogens is 1. The summed E-state index contributed by atoms with van der Waals surface area (Å²) in [7, 11) is 0. The van der Waals surface area contributed by atoms with Gasteiger partial charge in [0.05, 0.1) is 50.2 Å². The van der Waals surface area contributed by atoms with Crippen molar-refractivity contribution in [3.63, 3.8) is 0 Å². The zero-order chi connectivity index (χ0) is 30.6. The lowest BCUT2D eigenvalue weighted by Crippen LogP contribution is -2.35. The van der Waals surface area contributed by atoms with Gasteiger partial charge in [-0.05, 0) is 42.5 Å². The molecule has 0 saturated heterocycles. The number of thioether (sulfide) groups is 1. The van der Waals surface area contributed by atoms with Crippen LogP contribution in [0.5, 0.6) is 0 Å². The van der Waals surface area contributed by atoms with Gasteiger partial charge >= 0.3 is 0 Å². The van der Waals surface area contributed by atoms with E-state index >= 15 is 0 Å². The number of aliphatic hydroxyl groups excluding tert-OH is 6. The summed E-state index contributed by atoms with van der Waals surface area (Å²) in [5.41, 5.74) is 12.3. The Morgan fingerprint density at radius 3 is 1.70 bits per heavy atom. The SMILES string of the molecule is C.CSc1nc(N)c2ncn([C@H]3[C@H](O)[C@H](O)[C@]4(CO)C[C@H]34)c2n1.Nc1nc(Cl)nc2c1ncn2[C@H]1[C@H](O)[C@H](O)[C@]2(CO)C[C@H]12. The fourth-order valence-electron chi connectivity index (χ4n) is 7.46. The molecule has 4 aromatic rings. The van der Waals surface area contributed by atoms with Gasteiger partial charge in [0.2, 0.25) is 5.28 Å². The highest BCUT2D eigenvalue weighted by Crippen LogP contribution is 2.68. The molecule has 4 saturated carbocycles. The number of nitrogens with two attached hydrogens (primary N) is 2. The van der Waals surface area contributed by atoms with Crippen LogP contribution in [0, 0.1) is 22.7 Å². The molecule has 4 aliphatic rings. The van der Waals surface area contributed by atoms with Gasteiger partial charge in [-0.15, -0.1) is 0 Å². The number of aromatic nitrogens is 8. The average molecular weight is 651 g/mol. The van der Waals surface area contributed by atoms with Gasteiger partial charge in [0.1, 0.15) is 23.2 Å². The Labute approximate surface area is 260 Å². The van der Waals surface area contributed by atoms with Crippen molar-refractivity contribution >= 4 is 57.3 Å². The number of nitrogens with zero attached hydrogens (tertiary/aromatic N) is 8. The van der Waals surface area contributed by atoms with Crippen LogP contribution < -0.4 is 11.5 Å². The molecule has 4 fully saturated rings. The number of imidazole rings is 2. The summed E-state index contributed by atoms with van der Waals surface area (Å²) in [6, 6.07) is -0.779. The van der Waals surface area contributed by atoms with E-state index in [0.29, 0.717) is 46.1 Å². The van der Waals surface area contributed by atoms with E-state index in [1.807, 2.05) is 6.26 Å². The number of hydrogen-bond acceptors (Lipinski definition) is 15. The molecule has 0 amide bonds. The highest BCUT2D eigenvalue weighted by Gasteiger charge is 2.72. The molecule has 0 unspecified atom stereocenters. The van der Waals surface area contributed by atoms with Crippen molar-refractivity contribution in [1.29, 1.82) is 0 Å². The van der Waals surface area contributed by atoms with E-state index in [1.54, 1.807) is 15.5 Å². The van der Waals surface area contributed by atoms with E-state index in [-0.39, 0.29) is 49.6 Å². The van der Waals surface area contributed by atoms with Crippen LogP contribution >= 0.6 is 23.4 Å². The monoisotopic (exact) mass is 650 g/mol. The number of hydrogen-bond donors (Lipinski definition) is 8. The summed E-state index contributed by atoms with van der Waals surface area (Å²) in [6.45, 7) is -0.289. The molecule has 0 bridgehead atoms. The summed E-state index contributed by atoms with van der Waals surface area (Å²) < 4.78 is 3.43. The largest absolute Gasteiger partial charge is 0.396 e. The summed E-state index contributed by atoms with van der Waals surface area (Å²) in [6.07, 6.45) is 2.41. The van der Waals surface area contributed by atoms with E-state index in [9.17, 15) is 30.6 Å². The second-order valence-electron chi connectivity index (χ2n) is 11.9. The summed E-state index contributed by atoms with van der Waals surface area (Å²) in [5.74, 6) is 0.444. The van der Waals surface area contributed by atoms with Crippen molar-refractivity contribution < 1.29 is 30.6 Å². The van der Waals surface area contributed by atoms with Gasteiger partial charge in [-0.3, -0.25) is 0 Å². The number of nitrogen functional groups attached to an aromatic ring is 2. The number of aliphatic hydroxyl groups is 6. The normalized spacial score (nSPS) is 36.5. The van der Waals surface area contributed by atoms with Crippen LogP contribution in [0.2, 0.25) is 5.28 Å². The maximum Gasteiger partial charge on any atom is 0.226 e. The molecule has 0 aliphatic heterocycles. The molecular weight excluding hydrogens is 616 g/mol. The zero-order valence-electron chi connectivity index (χ0n) is 22.8. The Morgan fingerprint density at radius 1 is 0.818 bits per heavy atom. The maximum atomic E-state index is 10.4. The minimum absolute atomic E-state index is 0. The van der Waals surface area contributed by atoms with E-state index in [0.717, 1.165) is 0 Å². The molecule has 10 N–H and O–H groups in total. The predicted molar refractivity (Wildman–Crippen MR) is 160 cm³/mol. The van der Waals surface area contributed by atoms with Crippen molar-refractivity contribution in [3.05, 3.63) is 17.9 Å². The van der Waals surface area contributed by atoms with Crippen LogP contribution in [-0.2, 0) is 0 Å². The second-order valence-corrected chi connectivity index (χ2v) is 13.0. The van der Waals surface area contributed by atoms with Crippen molar-refractivity contribution in [3.8, 4) is 0 Å². The molecule has 0 spiro atoms. The first-order valence-corrected chi connectivity index (χ1v) is 15.3. The molecular formula is C26H35ClN10O6S. The van der Waals surface area contributed by atoms with Crippen LogP contribution in [0.4, 0.5) is 11.6 Å². The Kier molecular flexibility index (Phi) is 7.48. The van der Waals surface area contributed by atoms with E-state index in [2.05, 4.69) is 29.9 Å². The van der Waals surface area contributed by atoms with E-state index in [4.69, 9.17) is 23.1 Å². The zero-order valence-corrected chi connectivity index (χ0v) is 24.4. The van der Waals surface area contributed by atoms with Gasteiger partial charge in [0, 0.05) is 10.8 Å². The van der Waals surface area contributed by atoms with Gasteiger partial charge < -0.3 is 51.2 Å². The Balaban J connectivity index is 0.000000153. The third-order valence-corrected chi connectivity index (χ3v) is 10.7. The van der Waals surface area contributed by atoms with Gasteiger partial charge in [0.25, 0.3) is 0 Å². The lowest BCUT2D eigenvalue weighted by molar-refractivity contribution is -0.0301. The first-order valence-electron chi connectivity index (χ1n) is 13.7. The van der Waals surface area contributed by atoms with Crippen LogP contribution in [0.15, 0.2) is 17.8 Å². The molecule has 18 heteroatoms. The summed E-state index contributed by atoms with van der Waals surface area (Å²) >= 11 is 7.20. The van der Waals surface area contributed by atoms with Crippen molar-refractivity contribution in [1.82, 2.24) is 39.0 Å². The Hall–Kier alpha value is -2.90. The Morgan fingerprint density at radius 2 is 1.27 bits per heavy atom. The molecule has 4 heterocycles. The quantitative estimate of drug-likeness (QED) is 0.0988. The molecule has 0 aromatic carbocycles. The number of fused-ring (bicyclic) bond motifs is 4. The third-order valence-electron chi connectivity index (χ3n) is 9.97. The lowest BCUT2D eigenvalue weighted by atomic mass is 10.0. The molecule has 4 aromatic heterocycles. The van der Waals surface area contributed by atoms with Gasteiger partial charge in [-0.1, -0.05) is 19.2 Å². The van der Waals surface area contributed by atoms with Crippen LogP contribution in [-0.4, -0.2) is 114 Å². The van der Waals surface area contributed by atoms with Crippen molar-refractivity contribution in [2.45, 2.75) is 61.9 Å². The maximum absolute atomic E-state index is 10.4. The van der Waals surface area contributed by atoms with E-state index < -0.39 is 41.3 Å². The Bertz CT molecular complexity index is 1740. The van der Waals surface area contributed by atoms with Gasteiger partial charge in [0.15, 0.2) is 28.1 Å². The standard InChI is InChI=1S/C13H17N5O3S.C12H14ClN5O3.CH4/c1-22-12-16-10(14)6-11(17-12)18(4-15-6)7-5-2-13(5,3-19)9(21)8(7)20;13-11-16-9(14)5-10(17-11)18(3-15-5)6-4-1-12(4,2-19)8(21)7(6)20;/h4-5,7-9,19-21H,2-3H2,1H3,(H2,14,16,17);3-4,6-8,19-21H,1-2H2,(H2,14,16,17);1H4/t5-,7-,8+,9+,13+;4-,6-,7+,8+,12+;/m11./s1. The highest BCUT2D eigenvalue weighted by atomic mass is 35.5. The van der Waals surface area contributed by atoms with Crippen molar-refractivity contribution in [2.24, 2.45) is 22.7 Å². The lowest BCUT2D eigenvalue weighted by Gasteiger charge is -2.23. The minimum Gasteiger partial charge on any atom is -0.396 e. The first kappa shape index (κ1) is 31.1. The highest BCUT2D eigenvalue weighted by molar-refractivity contribution is 7.98. The molecule has 0 radical (unpaired) electrons. The smallest absolute Gasteiger partial charge is 0.226 e. The number of anilines is 2. The number of rotatable bonds is 5. The van der Waals surface area contributed by atoms with Crippen LogP contribution in [0.25, 0.3) is 22.3 Å². The van der Waals surface area contributed by atoms with Gasteiger partial charge in [-0.2, -0.15) is 9.97 Å². The molecule has 16 nitrogen and oxygen atoms in total. The summed E-state index contributed by atoms with van der Waals surface area (Å²) in [5, 5.41) is 60.7. The predicted octanol–water partition coefficient (Wildman–Crippen LogP) is -0.621. The molecule has 44 heavy (non-hydrogen) atoms. The van der Waals surface area contributed by atoms with Crippen LogP contribution in [0.1, 0.15) is 32.4 Å². The molecule has 238 valence electrons. The topological polar surface area (TPSA) is 261 Å². The fourth-order valence-corrected chi connectivity index (χ4v) is 7.99. The van der Waals surface area contributed by atoms with Crippen molar-refractivity contribution in [2.75, 3.05) is 30.9 Å². The molecule has 10 atom stereocenters. The second kappa shape index (κ2) is 10.6. The molecule has 4 aliphatic carbocycles. The summed E-state index contributed by atoms with van der Waals surface area (Å²) in [4.78, 5) is 25.0. The van der Waals surface area contributed by atoms with E-state index in [1.165, 1.54) is 18.1 Å². The molecule has 8 rings (SSSR count). The third kappa shape index (κ3) is 4.14. The van der Waals surface area contributed by atoms with Gasteiger partial charge in [-0.25, -0.2) is 19.9 Å². The fraction of sp³-hybridized carbons (Fsp3) is 0.615. The average Bonchev–Trinajstić information content (AvgIpc) is 3.73. The van der Waals surface area contributed by atoms with Crippen LogP contribution in [0.3, 0.4) is 0 Å². The first-order chi connectivity index (χ1) is 20.5.